The van der Waals surface area contributed by atoms with E-state index >= 15 is 0 Å². The van der Waals surface area contributed by atoms with Crippen molar-refractivity contribution in [3.8, 4) is 0 Å². The Hall–Kier alpha value is 1.51. The molecule has 2 atom stereocenters. The Morgan fingerprint density at radius 1 is 0.667 bits per heavy atom. The Balaban J connectivity index is 0. The standard InChI is InChI=1S/C21H44O4S.K/c1-3-5-7-9-12-16-20(22)17-13-10-11-15-19-21(26(23,24)25)18-14-8-6-4-2;/h20-22H,3-19H2,1-2H3,(H,23,24,25);/q;+1/p-1. The summed E-state index contributed by atoms with van der Waals surface area (Å²) in [7, 11) is -4.17. The molecule has 4 nitrogen and oxygen atoms in total. The second-order valence-electron chi connectivity index (χ2n) is 7.81. The van der Waals surface area contributed by atoms with Gasteiger partial charge in [0.1, 0.15) is 0 Å². The van der Waals surface area contributed by atoms with Gasteiger partial charge in [-0.3, -0.25) is 0 Å². The molecule has 27 heavy (non-hydrogen) atoms. The molecule has 2 unspecified atom stereocenters. The van der Waals surface area contributed by atoms with E-state index in [4.69, 9.17) is 0 Å². The average molecular weight is 431 g/mol. The predicted molar refractivity (Wildman–Crippen MR) is 109 cm³/mol. The Morgan fingerprint density at radius 3 is 1.37 bits per heavy atom. The van der Waals surface area contributed by atoms with Crippen molar-refractivity contribution in [2.24, 2.45) is 0 Å². The summed E-state index contributed by atoms with van der Waals surface area (Å²) in [6.45, 7) is 4.32. The molecular formula is C21H43KO4S. The van der Waals surface area contributed by atoms with E-state index in [0.29, 0.717) is 12.8 Å². The molecule has 0 heterocycles. The maximum atomic E-state index is 11.4. The van der Waals surface area contributed by atoms with Crippen LogP contribution in [0.15, 0.2) is 0 Å². The van der Waals surface area contributed by atoms with Crippen molar-refractivity contribution in [3.05, 3.63) is 0 Å². The Morgan fingerprint density at radius 2 is 1.00 bits per heavy atom. The van der Waals surface area contributed by atoms with Gasteiger partial charge in [-0.1, -0.05) is 97.3 Å². The van der Waals surface area contributed by atoms with E-state index in [2.05, 4.69) is 13.8 Å². The van der Waals surface area contributed by atoms with Crippen molar-refractivity contribution < 1.29 is 69.5 Å². The number of aliphatic hydroxyl groups is 1. The summed E-state index contributed by atoms with van der Waals surface area (Å²) in [5, 5.41) is 9.28. The van der Waals surface area contributed by atoms with Crippen LogP contribution < -0.4 is 51.4 Å². The summed E-state index contributed by atoms with van der Waals surface area (Å²) in [4.78, 5) is 0. The average Bonchev–Trinajstić information content (AvgIpc) is 2.58. The fourth-order valence-corrected chi connectivity index (χ4v) is 4.38. The molecule has 0 saturated heterocycles. The van der Waals surface area contributed by atoms with Gasteiger partial charge >= 0.3 is 51.4 Å². The van der Waals surface area contributed by atoms with Crippen molar-refractivity contribution in [2.45, 2.75) is 134 Å². The van der Waals surface area contributed by atoms with Crippen LogP contribution in [0.25, 0.3) is 0 Å². The normalized spacial score (nSPS) is 13.9. The first-order chi connectivity index (χ1) is 12.4. The quantitative estimate of drug-likeness (QED) is 0.194. The van der Waals surface area contributed by atoms with Crippen molar-refractivity contribution in [1.82, 2.24) is 0 Å². The van der Waals surface area contributed by atoms with E-state index in [0.717, 1.165) is 70.6 Å². The van der Waals surface area contributed by atoms with Crippen LogP contribution in [0.1, 0.15) is 123 Å². The number of rotatable bonds is 19. The van der Waals surface area contributed by atoms with Crippen LogP contribution in [0.4, 0.5) is 0 Å². The zero-order valence-electron chi connectivity index (χ0n) is 18.3. The zero-order chi connectivity index (χ0) is 19.7. The minimum absolute atomic E-state index is 0. The van der Waals surface area contributed by atoms with Gasteiger partial charge in [0.05, 0.1) is 16.2 Å². The number of unbranched alkanes of at least 4 members (excludes halogenated alkanes) is 10. The summed E-state index contributed by atoms with van der Waals surface area (Å²) in [6.07, 6.45) is 16.5. The fraction of sp³-hybridized carbons (Fsp3) is 1.00. The summed E-state index contributed by atoms with van der Waals surface area (Å²) in [6, 6.07) is 0. The molecule has 0 aliphatic rings. The minimum atomic E-state index is -4.17. The summed E-state index contributed by atoms with van der Waals surface area (Å²) >= 11 is 0. The molecule has 0 fully saturated rings. The van der Waals surface area contributed by atoms with Gasteiger partial charge < -0.3 is 9.66 Å². The Bertz CT molecular complexity index is 401. The second-order valence-corrected chi connectivity index (χ2v) is 9.46. The van der Waals surface area contributed by atoms with Crippen LogP contribution in [0.5, 0.6) is 0 Å². The molecule has 6 heteroatoms. The first-order valence-corrected chi connectivity index (χ1v) is 12.5. The molecule has 0 aromatic carbocycles. The molecule has 0 aliphatic carbocycles. The SMILES string of the molecule is CCCCCCCC(O)CCCCCCC(CCCCCC)S(=O)(=O)[O-].[K+]. The summed E-state index contributed by atoms with van der Waals surface area (Å²) < 4.78 is 34.1. The van der Waals surface area contributed by atoms with Crippen LogP contribution in [0.3, 0.4) is 0 Å². The van der Waals surface area contributed by atoms with Gasteiger partial charge in [0, 0.05) is 5.25 Å². The van der Waals surface area contributed by atoms with E-state index < -0.39 is 15.4 Å². The van der Waals surface area contributed by atoms with Crippen molar-refractivity contribution in [2.75, 3.05) is 0 Å². The van der Waals surface area contributed by atoms with Crippen molar-refractivity contribution >= 4 is 10.1 Å². The molecule has 0 spiro atoms. The maximum Gasteiger partial charge on any atom is 1.00 e. The molecule has 0 aromatic rings. The first kappa shape index (κ1) is 30.7. The first-order valence-electron chi connectivity index (χ1n) is 11.0. The molecule has 0 rings (SSSR count). The van der Waals surface area contributed by atoms with Gasteiger partial charge in [-0.25, -0.2) is 8.42 Å². The topological polar surface area (TPSA) is 77.4 Å². The minimum Gasteiger partial charge on any atom is -0.748 e. The van der Waals surface area contributed by atoms with Crippen LogP contribution in [-0.2, 0) is 10.1 Å². The smallest absolute Gasteiger partial charge is 0.748 e. The van der Waals surface area contributed by atoms with Gasteiger partial charge in [-0.15, -0.1) is 0 Å². The molecule has 158 valence electrons. The molecular weight excluding hydrogens is 387 g/mol. The molecule has 1 N–H and O–H groups in total. The van der Waals surface area contributed by atoms with Crippen LogP contribution in [-0.4, -0.2) is 29.4 Å². The molecule has 0 radical (unpaired) electrons. The number of hydrogen-bond donors (Lipinski definition) is 1. The van der Waals surface area contributed by atoms with Crippen molar-refractivity contribution in [1.29, 1.82) is 0 Å². The van der Waals surface area contributed by atoms with Crippen LogP contribution in [0.2, 0.25) is 0 Å². The van der Waals surface area contributed by atoms with E-state index in [1.807, 2.05) is 0 Å². The molecule has 0 aromatic heterocycles. The summed E-state index contributed by atoms with van der Waals surface area (Å²) in [5.41, 5.74) is 0. The van der Waals surface area contributed by atoms with Gasteiger partial charge in [-0.05, 0) is 25.7 Å². The van der Waals surface area contributed by atoms with E-state index in [1.54, 1.807) is 0 Å². The predicted octanol–water partition coefficient (Wildman–Crippen LogP) is 2.94. The van der Waals surface area contributed by atoms with Crippen LogP contribution >= 0.6 is 0 Å². The van der Waals surface area contributed by atoms with Crippen molar-refractivity contribution in [3.63, 3.8) is 0 Å². The summed E-state index contributed by atoms with van der Waals surface area (Å²) in [5.74, 6) is 0. The third-order valence-electron chi connectivity index (χ3n) is 5.24. The van der Waals surface area contributed by atoms with Gasteiger partial charge in [0.2, 0.25) is 0 Å². The second kappa shape index (κ2) is 20.8. The largest absolute Gasteiger partial charge is 1.00 e. The molecule has 0 aliphatic heterocycles. The van der Waals surface area contributed by atoms with E-state index in [1.165, 1.54) is 25.7 Å². The van der Waals surface area contributed by atoms with E-state index in [9.17, 15) is 18.1 Å². The Kier molecular flexibility index (Phi) is 23.6. The number of hydrogen-bond acceptors (Lipinski definition) is 4. The molecule has 0 bridgehead atoms. The monoisotopic (exact) mass is 430 g/mol. The van der Waals surface area contributed by atoms with Gasteiger partial charge in [-0.2, -0.15) is 0 Å². The zero-order valence-corrected chi connectivity index (χ0v) is 22.2. The molecule has 0 amide bonds. The van der Waals surface area contributed by atoms with Crippen LogP contribution in [0, 0.1) is 0 Å². The third-order valence-corrected chi connectivity index (χ3v) is 6.53. The van der Waals surface area contributed by atoms with E-state index in [-0.39, 0.29) is 57.5 Å². The Labute approximate surface area is 211 Å². The van der Waals surface area contributed by atoms with Gasteiger partial charge in [0.15, 0.2) is 0 Å². The molecule has 0 saturated carbocycles. The fourth-order valence-electron chi connectivity index (χ4n) is 3.47. The maximum absolute atomic E-state index is 11.4. The van der Waals surface area contributed by atoms with Gasteiger partial charge in [0.25, 0.3) is 0 Å². The third kappa shape index (κ3) is 20.6. The number of aliphatic hydroxyl groups excluding tert-OH is 1.